The summed E-state index contributed by atoms with van der Waals surface area (Å²) in [5.41, 5.74) is 0. The molecule has 0 spiro atoms. The van der Waals surface area contributed by atoms with Crippen molar-refractivity contribution in [1.29, 1.82) is 0 Å². The van der Waals surface area contributed by atoms with Gasteiger partial charge in [0.25, 0.3) is 0 Å². The van der Waals surface area contributed by atoms with Gasteiger partial charge in [-0.1, -0.05) is 65.2 Å². The summed E-state index contributed by atoms with van der Waals surface area (Å²) in [6, 6.07) is 0. The summed E-state index contributed by atoms with van der Waals surface area (Å²) in [6.45, 7) is 4.89. The van der Waals surface area contributed by atoms with Gasteiger partial charge < -0.3 is 14.9 Å². The zero-order chi connectivity index (χ0) is 14.3. The molecule has 116 valence electrons. The molecule has 0 rings (SSSR count). The van der Waals surface area contributed by atoms with Gasteiger partial charge in [0.2, 0.25) is 0 Å². The third kappa shape index (κ3) is 11.4. The predicted molar refractivity (Wildman–Crippen MR) is 80.4 cm³/mol. The Morgan fingerprint density at radius 2 is 1.42 bits per heavy atom. The largest absolute Gasteiger partial charge is 0.394 e. The molecule has 0 saturated heterocycles. The molecule has 2 atom stereocenters. The van der Waals surface area contributed by atoms with Gasteiger partial charge in [0, 0.05) is 6.61 Å². The van der Waals surface area contributed by atoms with Crippen LogP contribution >= 0.6 is 0 Å². The zero-order valence-corrected chi connectivity index (χ0v) is 12.9. The topological polar surface area (TPSA) is 49.7 Å². The van der Waals surface area contributed by atoms with E-state index in [1.54, 1.807) is 0 Å². The van der Waals surface area contributed by atoms with Gasteiger partial charge in [0.1, 0.15) is 6.10 Å². The average molecular weight is 274 g/mol. The molecule has 19 heavy (non-hydrogen) atoms. The first-order chi connectivity index (χ1) is 9.26. The maximum atomic E-state index is 9.71. The highest BCUT2D eigenvalue weighted by molar-refractivity contribution is 4.68. The minimum absolute atomic E-state index is 0.188. The smallest absolute Gasteiger partial charge is 0.103 e. The second-order valence-corrected chi connectivity index (χ2v) is 5.42. The lowest BCUT2D eigenvalue weighted by Gasteiger charge is -2.22. The van der Waals surface area contributed by atoms with Gasteiger partial charge in [0.05, 0.1) is 12.7 Å². The summed E-state index contributed by atoms with van der Waals surface area (Å²) in [4.78, 5) is 0. The Morgan fingerprint density at radius 1 is 0.842 bits per heavy atom. The molecule has 0 heterocycles. The molecular weight excluding hydrogens is 240 g/mol. The van der Waals surface area contributed by atoms with Crippen molar-refractivity contribution in [3.8, 4) is 0 Å². The molecule has 0 amide bonds. The maximum absolute atomic E-state index is 9.71. The molecule has 3 heteroatoms. The van der Waals surface area contributed by atoms with E-state index in [1.807, 2.05) is 0 Å². The molecule has 2 N–H and O–H groups in total. The van der Waals surface area contributed by atoms with E-state index in [9.17, 15) is 5.11 Å². The second-order valence-electron chi connectivity index (χ2n) is 5.42. The fraction of sp³-hybridized carbons (Fsp3) is 1.00. The lowest BCUT2D eigenvalue weighted by Crippen LogP contribution is -2.32. The molecule has 2 unspecified atom stereocenters. The minimum Gasteiger partial charge on any atom is -0.394 e. The Hall–Kier alpha value is -0.120. The number of hydrogen-bond donors (Lipinski definition) is 2. The first-order valence-electron chi connectivity index (χ1n) is 8.16. The SMILES string of the molecule is CCCCCCCCOC(CCCCC)C(O)CO. The highest BCUT2D eigenvalue weighted by atomic mass is 16.5. The Balaban J connectivity index is 3.61. The van der Waals surface area contributed by atoms with Crippen LogP contribution in [-0.2, 0) is 4.74 Å². The van der Waals surface area contributed by atoms with Crippen LogP contribution in [0.15, 0.2) is 0 Å². The highest BCUT2D eigenvalue weighted by Crippen LogP contribution is 2.12. The van der Waals surface area contributed by atoms with Crippen molar-refractivity contribution in [2.75, 3.05) is 13.2 Å². The van der Waals surface area contributed by atoms with E-state index in [4.69, 9.17) is 9.84 Å². The molecular formula is C16H34O3. The summed E-state index contributed by atoms with van der Waals surface area (Å²) in [5.74, 6) is 0. The third-order valence-corrected chi connectivity index (χ3v) is 3.54. The van der Waals surface area contributed by atoms with Gasteiger partial charge in [-0.05, 0) is 12.8 Å². The molecule has 0 aromatic heterocycles. The van der Waals surface area contributed by atoms with Crippen LogP contribution in [0.1, 0.15) is 78.1 Å². The van der Waals surface area contributed by atoms with Crippen LogP contribution < -0.4 is 0 Å². The fourth-order valence-corrected chi connectivity index (χ4v) is 2.22. The molecule has 0 bridgehead atoms. The van der Waals surface area contributed by atoms with Gasteiger partial charge in [0.15, 0.2) is 0 Å². The first kappa shape index (κ1) is 18.9. The van der Waals surface area contributed by atoms with Crippen LogP contribution in [0.3, 0.4) is 0 Å². The summed E-state index contributed by atoms with van der Waals surface area (Å²) in [7, 11) is 0. The van der Waals surface area contributed by atoms with E-state index < -0.39 is 6.10 Å². The summed E-state index contributed by atoms with van der Waals surface area (Å²) in [5, 5.41) is 18.7. The maximum Gasteiger partial charge on any atom is 0.103 e. The quantitative estimate of drug-likeness (QED) is 0.475. The van der Waals surface area contributed by atoms with E-state index >= 15 is 0 Å². The van der Waals surface area contributed by atoms with Gasteiger partial charge in [-0.2, -0.15) is 0 Å². The standard InChI is InChI=1S/C16H34O3/c1-3-5-7-8-9-11-13-19-16(15(18)14-17)12-10-6-4-2/h15-18H,3-14H2,1-2H3. The minimum atomic E-state index is -0.725. The lowest BCUT2D eigenvalue weighted by molar-refractivity contribution is -0.0629. The molecule has 0 aliphatic heterocycles. The van der Waals surface area contributed by atoms with Gasteiger partial charge in [-0.25, -0.2) is 0 Å². The van der Waals surface area contributed by atoms with E-state index in [-0.39, 0.29) is 12.7 Å². The Morgan fingerprint density at radius 3 is 2.05 bits per heavy atom. The molecule has 0 radical (unpaired) electrons. The van der Waals surface area contributed by atoms with E-state index in [0.29, 0.717) is 6.61 Å². The fourth-order valence-electron chi connectivity index (χ4n) is 2.22. The van der Waals surface area contributed by atoms with Gasteiger partial charge >= 0.3 is 0 Å². The Kier molecular flexibility index (Phi) is 14.2. The van der Waals surface area contributed by atoms with Crippen molar-refractivity contribution in [1.82, 2.24) is 0 Å². The number of unbranched alkanes of at least 4 members (excludes halogenated alkanes) is 7. The van der Waals surface area contributed by atoms with Gasteiger partial charge in [-0.15, -0.1) is 0 Å². The second kappa shape index (κ2) is 14.3. The number of hydrogen-bond acceptors (Lipinski definition) is 3. The van der Waals surface area contributed by atoms with Crippen molar-refractivity contribution in [3.05, 3.63) is 0 Å². The summed E-state index contributed by atoms with van der Waals surface area (Å²) >= 11 is 0. The lowest BCUT2D eigenvalue weighted by atomic mass is 10.1. The van der Waals surface area contributed by atoms with Crippen molar-refractivity contribution in [2.24, 2.45) is 0 Å². The third-order valence-electron chi connectivity index (χ3n) is 3.54. The van der Waals surface area contributed by atoms with Crippen molar-refractivity contribution in [3.63, 3.8) is 0 Å². The van der Waals surface area contributed by atoms with Crippen LogP contribution in [0.2, 0.25) is 0 Å². The predicted octanol–water partition coefficient (Wildman–Crippen LogP) is 3.67. The monoisotopic (exact) mass is 274 g/mol. The first-order valence-corrected chi connectivity index (χ1v) is 8.16. The normalized spacial score (nSPS) is 14.5. The molecule has 3 nitrogen and oxygen atoms in total. The Bertz CT molecular complexity index is 173. The number of aliphatic hydroxyl groups is 2. The number of aliphatic hydroxyl groups excluding tert-OH is 2. The summed E-state index contributed by atoms with van der Waals surface area (Å²) in [6.07, 6.45) is 10.8. The Labute approximate surface area is 119 Å². The number of ether oxygens (including phenoxy) is 1. The zero-order valence-electron chi connectivity index (χ0n) is 12.9. The number of rotatable bonds is 14. The average Bonchev–Trinajstić information content (AvgIpc) is 2.43. The van der Waals surface area contributed by atoms with Crippen molar-refractivity contribution < 1.29 is 14.9 Å². The highest BCUT2D eigenvalue weighted by Gasteiger charge is 2.18. The van der Waals surface area contributed by atoms with Gasteiger partial charge in [-0.3, -0.25) is 0 Å². The van der Waals surface area contributed by atoms with E-state index in [0.717, 1.165) is 25.7 Å². The van der Waals surface area contributed by atoms with Crippen LogP contribution in [0.25, 0.3) is 0 Å². The molecule has 0 aromatic carbocycles. The van der Waals surface area contributed by atoms with Crippen molar-refractivity contribution >= 4 is 0 Å². The molecule has 0 saturated carbocycles. The molecule has 0 aromatic rings. The van der Waals surface area contributed by atoms with Crippen LogP contribution in [-0.4, -0.2) is 35.6 Å². The molecule has 0 fully saturated rings. The molecule has 0 aliphatic carbocycles. The van der Waals surface area contributed by atoms with Crippen LogP contribution in [0, 0.1) is 0 Å². The van der Waals surface area contributed by atoms with E-state index in [2.05, 4.69) is 13.8 Å². The molecule has 0 aliphatic rings. The summed E-state index contributed by atoms with van der Waals surface area (Å²) < 4.78 is 5.74. The van der Waals surface area contributed by atoms with Crippen LogP contribution in [0.4, 0.5) is 0 Å². The van der Waals surface area contributed by atoms with Crippen molar-refractivity contribution in [2.45, 2.75) is 90.3 Å². The van der Waals surface area contributed by atoms with Crippen LogP contribution in [0.5, 0.6) is 0 Å². The van der Waals surface area contributed by atoms with E-state index in [1.165, 1.54) is 38.5 Å².